The highest BCUT2D eigenvalue weighted by molar-refractivity contribution is 5.85. The summed E-state index contributed by atoms with van der Waals surface area (Å²) >= 11 is 0. The summed E-state index contributed by atoms with van der Waals surface area (Å²) in [5.41, 5.74) is 5.67. The lowest BCUT2D eigenvalue weighted by Gasteiger charge is -2.15. The highest BCUT2D eigenvalue weighted by Gasteiger charge is 2.09. The van der Waals surface area contributed by atoms with Crippen molar-refractivity contribution in [2.24, 2.45) is 5.73 Å². The molecule has 0 aliphatic heterocycles. The van der Waals surface area contributed by atoms with E-state index in [-0.39, 0.29) is 5.54 Å². The molecule has 3 nitrogen and oxygen atoms in total. The van der Waals surface area contributed by atoms with Crippen LogP contribution in [0.1, 0.15) is 27.2 Å². The van der Waals surface area contributed by atoms with Gasteiger partial charge in [-0.05, 0) is 27.2 Å². The van der Waals surface area contributed by atoms with E-state index in [4.69, 9.17) is 10.8 Å². The van der Waals surface area contributed by atoms with Gasteiger partial charge in [-0.2, -0.15) is 0 Å². The predicted molar refractivity (Wildman–Crippen MR) is 44.3 cm³/mol. The fraction of sp³-hybridized carbons (Fsp3) is 0.625. The Bertz CT molecular complexity index is 177. The summed E-state index contributed by atoms with van der Waals surface area (Å²) in [6.45, 7) is 5.28. The Hall–Kier alpha value is -0.830. The van der Waals surface area contributed by atoms with Gasteiger partial charge in [0.1, 0.15) is 0 Å². The molecule has 0 amide bonds. The molecule has 0 aromatic heterocycles. The molecule has 0 radical (unpaired) electrons. The van der Waals surface area contributed by atoms with Gasteiger partial charge in [0, 0.05) is 11.1 Å². The number of hydrogen-bond donors (Lipinski definition) is 2. The van der Waals surface area contributed by atoms with Gasteiger partial charge < -0.3 is 10.8 Å². The van der Waals surface area contributed by atoms with Crippen LogP contribution in [0.5, 0.6) is 0 Å². The first-order chi connectivity index (χ1) is 4.83. The number of carboxylic acids is 1. The molecule has 0 heterocycles. The van der Waals surface area contributed by atoms with Gasteiger partial charge in [0.25, 0.3) is 0 Å². The Labute approximate surface area is 66.9 Å². The quantitative estimate of drug-likeness (QED) is 0.604. The fourth-order valence-corrected chi connectivity index (χ4v) is 0.503. The number of rotatable bonds is 3. The first-order valence-corrected chi connectivity index (χ1v) is 3.52. The molecular weight excluding hydrogens is 142 g/mol. The molecule has 64 valence electrons. The molecule has 0 unspecified atom stereocenters. The lowest BCUT2D eigenvalue weighted by Crippen LogP contribution is -2.30. The first kappa shape index (κ1) is 10.2. The Morgan fingerprint density at radius 1 is 1.64 bits per heavy atom. The molecule has 3 heteroatoms. The molecule has 0 rings (SSSR count). The van der Waals surface area contributed by atoms with Gasteiger partial charge >= 0.3 is 5.97 Å². The highest BCUT2D eigenvalue weighted by Crippen LogP contribution is 2.06. The zero-order valence-corrected chi connectivity index (χ0v) is 7.22. The van der Waals surface area contributed by atoms with Gasteiger partial charge in [0.05, 0.1) is 0 Å². The zero-order chi connectivity index (χ0) is 9.07. The predicted octanol–water partition coefficient (Wildman–Crippen LogP) is 1.14. The van der Waals surface area contributed by atoms with Gasteiger partial charge in [-0.25, -0.2) is 4.79 Å². The van der Waals surface area contributed by atoms with Crippen molar-refractivity contribution >= 4 is 5.97 Å². The van der Waals surface area contributed by atoms with Crippen LogP contribution in [0.2, 0.25) is 0 Å². The minimum Gasteiger partial charge on any atom is -0.478 e. The molecular formula is C8H15NO2. The molecule has 0 aromatic carbocycles. The fourth-order valence-electron chi connectivity index (χ4n) is 0.503. The van der Waals surface area contributed by atoms with E-state index >= 15 is 0 Å². The molecule has 0 aliphatic rings. The molecule has 0 saturated carbocycles. The lowest BCUT2D eigenvalue weighted by atomic mass is 10.0. The van der Waals surface area contributed by atoms with E-state index in [1.54, 1.807) is 13.0 Å². The van der Waals surface area contributed by atoms with Crippen LogP contribution in [0.4, 0.5) is 0 Å². The lowest BCUT2D eigenvalue weighted by molar-refractivity contribution is -0.132. The van der Waals surface area contributed by atoms with Crippen LogP contribution in [-0.4, -0.2) is 16.6 Å². The van der Waals surface area contributed by atoms with Crippen molar-refractivity contribution in [1.82, 2.24) is 0 Å². The smallest absolute Gasteiger partial charge is 0.330 e. The molecule has 11 heavy (non-hydrogen) atoms. The van der Waals surface area contributed by atoms with Crippen molar-refractivity contribution in [3.63, 3.8) is 0 Å². The molecule has 0 saturated heterocycles. The summed E-state index contributed by atoms with van der Waals surface area (Å²) in [6, 6.07) is 0. The third-order valence-electron chi connectivity index (χ3n) is 1.27. The van der Waals surface area contributed by atoms with Crippen molar-refractivity contribution in [1.29, 1.82) is 0 Å². The topological polar surface area (TPSA) is 63.3 Å². The number of carbonyl (C=O) groups is 1. The van der Waals surface area contributed by atoms with E-state index in [0.29, 0.717) is 12.0 Å². The maximum absolute atomic E-state index is 10.3. The first-order valence-electron chi connectivity index (χ1n) is 3.52. The van der Waals surface area contributed by atoms with Crippen molar-refractivity contribution in [2.75, 3.05) is 0 Å². The molecule has 0 aromatic rings. The Morgan fingerprint density at radius 2 is 2.09 bits per heavy atom. The Balaban J connectivity index is 4.04. The van der Waals surface area contributed by atoms with Gasteiger partial charge in [-0.1, -0.05) is 6.08 Å². The monoisotopic (exact) mass is 157 g/mol. The number of aliphatic carboxylic acids is 1. The van der Waals surface area contributed by atoms with Crippen LogP contribution >= 0.6 is 0 Å². The molecule has 0 fully saturated rings. The summed E-state index contributed by atoms with van der Waals surface area (Å²) < 4.78 is 0. The summed E-state index contributed by atoms with van der Waals surface area (Å²) in [6.07, 6.45) is 2.23. The van der Waals surface area contributed by atoms with E-state index < -0.39 is 5.97 Å². The second kappa shape index (κ2) is 3.53. The van der Waals surface area contributed by atoms with Gasteiger partial charge in [0.15, 0.2) is 0 Å². The average Bonchev–Trinajstić information content (AvgIpc) is 1.80. The molecule has 3 N–H and O–H groups in total. The molecule has 0 atom stereocenters. The highest BCUT2D eigenvalue weighted by atomic mass is 16.4. The molecule has 0 aliphatic carbocycles. The Morgan fingerprint density at radius 3 is 2.36 bits per heavy atom. The maximum Gasteiger partial charge on any atom is 0.330 e. The second-order valence-corrected chi connectivity index (χ2v) is 3.38. The molecule has 0 bridgehead atoms. The maximum atomic E-state index is 10.3. The van der Waals surface area contributed by atoms with Crippen LogP contribution < -0.4 is 5.73 Å². The normalized spacial score (nSPS) is 13.3. The van der Waals surface area contributed by atoms with Gasteiger partial charge in [0.2, 0.25) is 0 Å². The van der Waals surface area contributed by atoms with Crippen LogP contribution in [0.3, 0.4) is 0 Å². The Kier molecular flexibility index (Phi) is 3.26. The average molecular weight is 157 g/mol. The number of carboxylic acid groups (broad SMARTS) is 1. The van der Waals surface area contributed by atoms with Crippen molar-refractivity contribution < 1.29 is 9.90 Å². The summed E-state index contributed by atoms with van der Waals surface area (Å²) in [4.78, 5) is 10.3. The molecule has 0 spiro atoms. The van der Waals surface area contributed by atoms with Crippen molar-refractivity contribution in [2.45, 2.75) is 32.7 Å². The SMILES string of the molecule is CC(=CCC(C)(C)N)C(=O)O. The van der Waals surface area contributed by atoms with E-state index in [0.717, 1.165) is 0 Å². The van der Waals surface area contributed by atoms with Crippen molar-refractivity contribution in [3.8, 4) is 0 Å². The van der Waals surface area contributed by atoms with Crippen molar-refractivity contribution in [3.05, 3.63) is 11.6 Å². The summed E-state index contributed by atoms with van der Waals surface area (Å²) in [5.74, 6) is -0.880. The minimum atomic E-state index is -0.880. The number of hydrogen-bond acceptors (Lipinski definition) is 2. The summed E-state index contributed by atoms with van der Waals surface area (Å²) in [5, 5.41) is 8.47. The van der Waals surface area contributed by atoms with E-state index in [9.17, 15) is 4.79 Å². The third kappa shape index (κ3) is 5.61. The minimum absolute atomic E-state index is 0.323. The van der Waals surface area contributed by atoms with Crippen LogP contribution in [0.25, 0.3) is 0 Å². The zero-order valence-electron chi connectivity index (χ0n) is 7.22. The van der Waals surface area contributed by atoms with E-state index in [2.05, 4.69) is 0 Å². The van der Waals surface area contributed by atoms with Crippen LogP contribution in [-0.2, 0) is 4.79 Å². The van der Waals surface area contributed by atoms with Crippen LogP contribution in [0, 0.1) is 0 Å². The number of nitrogens with two attached hydrogens (primary N) is 1. The third-order valence-corrected chi connectivity index (χ3v) is 1.27. The largest absolute Gasteiger partial charge is 0.478 e. The van der Waals surface area contributed by atoms with E-state index in [1.165, 1.54) is 0 Å². The standard InChI is InChI=1S/C8H15NO2/c1-6(7(10)11)4-5-8(2,3)9/h4H,5,9H2,1-3H3,(H,10,11). The second-order valence-electron chi connectivity index (χ2n) is 3.38. The van der Waals surface area contributed by atoms with Gasteiger partial charge in [-0.3, -0.25) is 0 Å². The van der Waals surface area contributed by atoms with E-state index in [1.807, 2.05) is 13.8 Å². The summed E-state index contributed by atoms with van der Waals surface area (Å²) in [7, 11) is 0. The van der Waals surface area contributed by atoms with Gasteiger partial charge in [-0.15, -0.1) is 0 Å². The van der Waals surface area contributed by atoms with Crippen LogP contribution in [0.15, 0.2) is 11.6 Å².